The van der Waals surface area contributed by atoms with Crippen molar-refractivity contribution in [1.82, 2.24) is 4.72 Å². The average molecular weight is 269 g/mol. The van der Waals surface area contributed by atoms with Crippen molar-refractivity contribution in [1.29, 1.82) is 0 Å². The largest absolute Gasteiger partial charge is 0.508 e. The van der Waals surface area contributed by atoms with Gasteiger partial charge in [0.25, 0.3) is 0 Å². The third-order valence-electron chi connectivity index (χ3n) is 3.58. The molecule has 2 N–H and O–H groups in total. The van der Waals surface area contributed by atoms with E-state index in [4.69, 9.17) is 0 Å². The van der Waals surface area contributed by atoms with E-state index in [1.807, 2.05) is 6.92 Å². The van der Waals surface area contributed by atoms with E-state index in [1.165, 1.54) is 37.1 Å². The van der Waals surface area contributed by atoms with Gasteiger partial charge in [0.05, 0.1) is 4.90 Å². The van der Waals surface area contributed by atoms with Gasteiger partial charge in [-0.05, 0) is 43.9 Å². The first-order valence-corrected chi connectivity index (χ1v) is 7.79. The average Bonchev–Trinajstić information content (AvgIpc) is 2.82. The molecule has 1 saturated carbocycles. The number of hydrogen-bond donors (Lipinski definition) is 2. The second-order valence-electron chi connectivity index (χ2n) is 4.95. The molecule has 1 aliphatic rings. The summed E-state index contributed by atoms with van der Waals surface area (Å²) in [6.45, 7) is 1.91. The van der Waals surface area contributed by atoms with Crippen LogP contribution in [0.25, 0.3) is 0 Å². The highest BCUT2D eigenvalue weighted by molar-refractivity contribution is 7.89. The van der Waals surface area contributed by atoms with Gasteiger partial charge in [0.15, 0.2) is 0 Å². The number of nitrogens with one attached hydrogen (secondary N) is 1. The van der Waals surface area contributed by atoms with Crippen LogP contribution < -0.4 is 4.72 Å². The Balaban J connectivity index is 2.11. The van der Waals surface area contributed by atoms with Gasteiger partial charge < -0.3 is 5.11 Å². The highest BCUT2D eigenvalue weighted by Crippen LogP contribution is 2.28. The number of phenolic OH excluding ortho intramolecular Hbond substituents is 1. The Morgan fingerprint density at radius 2 is 2.00 bits per heavy atom. The predicted octanol–water partition coefficient (Wildman–Crippen LogP) is 2.25. The van der Waals surface area contributed by atoms with Crippen LogP contribution in [0.2, 0.25) is 0 Å². The summed E-state index contributed by atoms with van der Waals surface area (Å²) >= 11 is 0. The molecule has 0 radical (unpaired) electrons. The summed E-state index contributed by atoms with van der Waals surface area (Å²) in [5.41, 5.74) is 0. The fraction of sp³-hybridized carbons (Fsp3) is 0.538. The molecule has 0 bridgehead atoms. The second-order valence-corrected chi connectivity index (χ2v) is 6.67. The van der Waals surface area contributed by atoms with Gasteiger partial charge in [-0.1, -0.05) is 18.9 Å². The van der Waals surface area contributed by atoms with E-state index in [9.17, 15) is 13.5 Å². The minimum absolute atomic E-state index is 0.0357. The van der Waals surface area contributed by atoms with Gasteiger partial charge >= 0.3 is 0 Å². The highest BCUT2D eigenvalue weighted by Gasteiger charge is 2.26. The lowest BCUT2D eigenvalue weighted by Gasteiger charge is -2.20. The van der Waals surface area contributed by atoms with Crippen LogP contribution in [0.3, 0.4) is 0 Å². The quantitative estimate of drug-likeness (QED) is 0.881. The lowest BCUT2D eigenvalue weighted by atomic mass is 10.0. The first kappa shape index (κ1) is 13.4. The maximum absolute atomic E-state index is 12.1. The van der Waals surface area contributed by atoms with Gasteiger partial charge in [-0.2, -0.15) is 0 Å². The van der Waals surface area contributed by atoms with E-state index < -0.39 is 10.0 Å². The number of benzene rings is 1. The fourth-order valence-corrected chi connectivity index (χ4v) is 3.87. The van der Waals surface area contributed by atoms with E-state index in [0.717, 1.165) is 12.8 Å². The Labute approximate surface area is 108 Å². The summed E-state index contributed by atoms with van der Waals surface area (Å²) in [5.74, 6) is 0.392. The van der Waals surface area contributed by atoms with Gasteiger partial charge in [-0.15, -0.1) is 0 Å². The Morgan fingerprint density at radius 1 is 1.33 bits per heavy atom. The molecule has 0 aromatic heterocycles. The van der Waals surface area contributed by atoms with E-state index in [1.54, 1.807) is 0 Å². The van der Waals surface area contributed by atoms with E-state index in [0.29, 0.717) is 5.92 Å². The molecule has 1 atom stereocenters. The van der Waals surface area contributed by atoms with Crippen molar-refractivity contribution in [2.24, 2.45) is 5.92 Å². The lowest BCUT2D eigenvalue weighted by molar-refractivity contribution is 0.423. The van der Waals surface area contributed by atoms with Crippen molar-refractivity contribution in [3.63, 3.8) is 0 Å². The van der Waals surface area contributed by atoms with Crippen molar-refractivity contribution < 1.29 is 13.5 Å². The summed E-state index contributed by atoms with van der Waals surface area (Å²) in [5, 5.41) is 9.33. The van der Waals surface area contributed by atoms with Crippen molar-refractivity contribution in [3.05, 3.63) is 24.3 Å². The zero-order valence-corrected chi connectivity index (χ0v) is 11.3. The van der Waals surface area contributed by atoms with Gasteiger partial charge in [0.2, 0.25) is 10.0 Å². The third kappa shape index (κ3) is 3.03. The summed E-state index contributed by atoms with van der Waals surface area (Å²) in [4.78, 5) is 0.118. The molecule has 18 heavy (non-hydrogen) atoms. The highest BCUT2D eigenvalue weighted by atomic mass is 32.2. The lowest BCUT2D eigenvalue weighted by Crippen LogP contribution is -2.37. The maximum atomic E-state index is 12.1. The molecular formula is C13H19NO3S. The maximum Gasteiger partial charge on any atom is 0.240 e. The van der Waals surface area contributed by atoms with Crippen molar-refractivity contribution in [3.8, 4) is 5.75 Å². The second kappa shape index (κ2) is 5.28. The van der Waals surface area contributed by atoms with Gasteiger partial charge in [0, 0.05) is 6.04 Å². The van der Waals surface area contributed by atoms with Crippen LogP contribution in [-0.4, -0.2) is 19.6 Å². The topological polar surface area (TPSA) is 66.4 Å². The molecule has 0 heterocycles. The molecule has 0 aliphatic heterocycles. The van der Waals surface area contributed by atoms with Crippen LogP contribution in [0.1, 0.15) is 32.6 Å². The summed E-state index contributed by atoms with van der Waals surface area (Å²) in [7, 11) is -3.53. The van der Waals surface area contributed by atoms with Crippen molar-refractivity contribution in [2.45, 2.75) is 43.5 Å². The smallest absolute Gasteiger partial charge is 0.240 e. The molecule has 0 saturated heterocycles. The van der Waals surface area contributed by atoms with Crippen LogP contribution in [0, 0.1) is 5.92 Å². The first-order chi connectivity index (χ1) is 8.49. The summed E-state index contributed by atoms with van der Waals surface area (Å²) < 4.78 is 27.0. The number of sulfonamides is 1. The van der Waals surface area contributed by atoms with E-state index in [2.05, 4.69) is 4.72 Å². The van der Waals surface area contributed by atoms with Gasteiger partial charge in [-0.3, -0.25) is 0 Å². The van der Waals surface area contributed by atoms with Crippen LogP contribution in [0.15, 0.2) is 29.2 Å². The Kier molecular flexibility index (Phi) is 3.92. The monoisotopic (exact) mass is 269 g/mol. The molecule has 5 heteroatoms. The molecule has 1 aromatic rings. The standard InChI is InChI=1S/C13H19NO3S/c1-10(11-5-2-3-6-11)14-18(16,17)13-8-4-7-12(15)9-13/h4,7-11,14-15H,2-3,5-6H2,1H3. The zero-order chi connectivity index (χ0) is 13.2. The third-order valence-corrected chi connectivity index (χ3v) is 5.13. The van der Waals surface area contributed by atoms with Crippen LogP contribution in [-0.2, 0) is 10.0 Å². The number of phenols is 1. The summed E-state index contributed by atoms with van der Waals surface area (Å²) in [6, 6.07) is 5.69. The molecule has 0 spiro atoms. The van der Waals surface area contributed by atoms with Crippen LogP contribution in [0.4, 0.5) is 0 Å². The summed E-state index contributed by atoms with van der Waals surface area (Å²) in [6.07, 6.45) is 4.54. The molecule has 1 aliphatic carbocycles. The SMILES string of the molecule is CC(NS(=O)(=O)c1cccc(O)c1)C1CCCC1. The van der Waals surface area contributed by atoms with E-state index in [-0.39, 0.29) is 16.7 Å². The number of aromatic hydroxyl groups is 1. The molecule has 100 valence electrons. The number of hydrogen-bond acceptors (Lipinski definition) is 3. The molecule has 4 nitrogen and oxygen atoms in total. The normalized spacial score (nSPS) is 18.9. The minimum Gasteiger partial charge on any atom is -0.508 e. The van der Waals surface area contributed by atoms with Crippen molar-refractivity contribution in [2.75, 3.05) is 0 Å². The minimum atomic E-state index is -3.53. The van der Waals surface area contributed by atoms with Gasteiger partial charge in [0.1, 0.15) is 5.75 Å². The molecule has 1 fully saturated rings. The molecule has 2 rings (SSSR count). The van der Waals surface area contributed by atoms with Crippen molar-refractivity contribution >= 4 is 10.0 Å². The predicted molar refractivity (Wildman–Crippen MR) is 69.8 cm³/mol. The Morgan fingerprint density at radius 3 is 2.61 bits per heavy atom. The van der Waals surface area contributed by atoms with Crippen LogP contribution >= 0.6 is 0 Å². The number of rotatable bonds is 4. The molecule has 0 amide bonds. The molecule has 1 aromatic carbocycles. The Hall–Kier alpha value is -1.07. The van der Waals surface area contributed by atoms with E-state index >= 15 is 0 Å². The zero-order valence-electron chi connectivity index (χ0n) is 10.5. The van der Waals surface area contributed by atoms with Gasteiger partial charge in [-0.25, -0.2) is 13.1 Å². The fourth-order valence-electron chi connectivity index (χ4n) is 2.52. The Bertz CT molecular complexity index is 507. The van der Waals surface area contributed by atoms with Crippen LogP contribution in [0.5, 0.6) is 5.75 Å². The molecular weight excluding hydrogens is 250 g/mol. The molecule has 1 unspecified atom stereocenters. The first-order valence-electron chi connectivity index (χ1n) is 6.30.